The smallest absolute Gasteiger partial charge is 0.303 e. The van der Waals surface area contributed by atoms with Crippen molar-refractivity contribution in [3.05, 3.63) is 16.0 Å². The van der Waals surface area contributed by atoms with E-state index in [0.717, 1.165) is 11.3 Å². The zero-order valence-corrected chi connectivity index (χ0v) is 9.35. The lowest BCUT2D eigenvalue weighted by Gasteiger charge is -2.08. The number of aliphatic carboxylic acids is 1. The molecule has 0 radical (unpaired) electrons. The molecular formula is C9H12N2O3S. The van der Waals surface area contributed by atoms with Gasteiger partial charge in [-0.3, -0.25) is 4.79 Å². The van der Waals surface area contributed by atoms with Gasteiger partial charge in [-0.1, -0.05) is 0 Å². The average Bonchev–Trinajstić information content (AvgIpc) is 2.14. The van der Waals surface area contributed by atoms with E-state index in [-0.39, 0.29) is 6.42 Å². The van der Waals surface area contributed by atoms with Gasteiger partial charge in [0.15, 0.2) is 4.77 Å². The molecule has 1 aromatic rings. The van der Waals surface area contributed by atoms with Crippen molar-refractivity contribution >= 4 is 18.2 Å². The van der Waals surface area contributed by atoms with E-state index in [4.69, 9.17) is 22.1 Å². The lowest BCUT2D eigenvalue weighted by atomic mass is 10.1. The maximum atomic E-state index is 10.5. The Morgan fingerprint density at radius 1 is 1.67 bits per heavy atom. The molecule has 0 aromatic carbocycles. The largest absolute Gasteiger partial charge is 0.481 e. The van der Waals surface area contributed by atoms with Gasteiger partial charge in [-0.15, -0.1) is 0 Å². The number of carboxylic acid groups (broad SMARTS) is 1. The van der Waals surface area contributed by atoms with Gasteiger partial charge in [-0.25, -0.2) is 0 Å². The Labute approximate surface area is 92.1 Å². The standard InChI is InChI=1S/C9H12N2O3S/c1-5-6(3-4-7(12)13)8(14-2)11-9(15)10-5/h3-4H2,1-2H3,(H,12,13)(H,10,11,15). The highest BCUT2D eigenvalue weighted by molar-refractivity contribution is 7.71. The normalized spacial score (nSPS) is 10.0. The number of aromatic amines is 1. The molecule has 15 heavy (non-hydrogen) atoms. The molecule has 0 spiro atoms. The Morgan fingerprint density at radius 2 is 2.33 bits per heavy atom. The zero-order valence-electron chi connectivity index (χ0n) is 8.53. The first-order valence-electron chi connectivity index (χ1n) is 4.40. The maximum absolute atomic E-state index is 10.5. The summed E-state index contributed by atoms with van der Waals surface area (Å²) in [6.07, 6.45) is 0.424. The van der Waals surface area contributed by atoms with Crippen molar-refractivity contribution in [1.29, 1.82) is 0 Å². The number of nitrogens with zero attached hydrogens (tertiary/aromatic N) is 1. The first-order chi connectivity index (χ1) is 7.04. The number of methoxy groups -OCH3 is 1. The van der Waals surface area contributed by atoms with Crippen LogP contribution in [-0.2, 0) is 11.2 Å². The summed E-state index contributed by atoms with van der Waals surface area (Å²) in [6.45, 7) is 1.82. The van der Waals surface area contributed by atoms with Crippen molar-refractivity contribution in [3.63, 3.8) is 0 Å². The van der Waals surface area contributed by atoms with Crippen molar-refractivity contribution in [3.8, 4) is 5.88 Å². The molecule has 0 aliphatic rings. The van der Waals surface area contributed by atoms with Crippen LogP contribution in [0.25, 0.3) is 0 Å². The second-order valence-electron chi connectivity index (χ2n) is 3.05. The molecule has 0 saturated heterocycles. The lowest BCUT2D eigenvalue weighted by molar-refractivity contribution is -0.136. The molecule has 0 atom stereocenters. The lowest BCUT2D eigenvalue weighted by Crippen LogP contribution is -2.04. The van der Waals surface area contributed by atoms with E-state index in [9.17, 15) is 4.79 Å². The molecule has 5 nitrogen and oxygen atoms in total. The summed E-state index contributed by atoms with van der Waals surface area (Å²) >= 11 is 4.89. The Bertz CT molecular complexity index is 428. The predicted octanol–water partition coefficient (Wildman–Crippen LogP) is 1.47. The average molecular weight is 228 g/mol. The number of aryl methyl sites for hydroxylation is 1. The van der Waals surface area contributed by atoms with Crippen molar-refractivity contribution in [2.24, 2.45) is 0 Å². The highest BCUT2D eigenvalue weighted by Crippen LogP contribution is 2.18. The van der Waals surface area contributed by atoms with Gasteiger partial charge in [0.05, 0.1) is 7.11 Å². The fourth-order valence-corrected chi connectivity index (χ4v) is 1.52. The van der Waals surface area contributed by atoms with Gasteiger partial charge in [0.2, 0.25) is 5.88 Å². The third-order valence-corrected chi connectivity index (χ3v) is 2.18. The number of hydrogen-bond acceptors (Lipinski definition) is 4. The summed E-state index contributed by atoms with van der Waals surface area (Å²) in [5.41, 5.74) is 1.56. The number of aromatic nitrogens is 2. The number of hydrogen-bond donors (Lipinski definition) is 2. The molecular weight excluding hydrogens is 216 g/mol. The van der Waals surface area contributed by atoms with Crippen molar-refractivity contribution < 1.29 is 14.6 Å². The van der Waals surface area contributed by atoms with E-state index in [2.05, 4.69) is 9.97 Å². The van der Waals surface area contributed by atoms with Gasteiger partial charge in [0.1, 0.15) is 0 Å². The van der Waals surface area contributed by atoms with E-state index in [1.807, 2.05) is 6.92 Å². The van der Waals surface area contributed by atoms with E-state index < -0.39 is 5.97 Å². The third kappa shape index (κ3) is 3.02. The Kier molecular flexibility index (Phi) is 3.79. The summed E-state index contributed by atoms with van der Waals surface area (Å²) in [4.78, 5) is 17.3. The van der Waals surface area contributed by atoms with Gasteiger partial charge in [0.25, 0.3) is 0 Å². The molecule has 1 rings (SSSR count). The molecule has 0 fully saturated rings. The number of ether oxygens (including phenoxy) is 1. The monoisotopic (exact) mass is 228 g/mol. The predicted molar refractivity (Wildman–Crippen MR) is 56.7 cm³/mol. The van der Waals surface area contributed by atoms with Crippen molar-refractivity contribution in [1.82, 2.24) is 9.97 Å². The highest BCUT2D eigenvalue weighted by Gasteiger charge is 2.10. The molecule has 1 aromatic heterocycles. The first-order valence-corrected chi connectivity index (χ1v) is 4.81. The van der Waals surface area contributed by atoms with Gasteiger partial charge in [-0.2, -0.15) is 4.98 Å². The Balaban J connectivity index is 3.04. The van der Waals surface area contributed by atoms with E-state index in [1.165, 1.54) is 7.11 Å². The quantitative estimate of drug-likeness (QED) is 0.763. The number of carboxylic acids is 1. The highest BCUT2D eigenvalue weighted by atomic mass is 32.1. The molecule has 0 unspecified atom stereocenters. The Morgan fingerprint density at radius 3 is 2.87 bits per heavy atom. The summed E-state index contributed by atoms with van der Waals surface area (Å²) < 4.78 is 5.39. The fourth-order valence-electron chi connectivity index (χ4n) is 1.28. The molecule has 6 heteroatoms. The van der Waals surface area contributed by atoms with Crippen LogP contribution in [0.2, 0.25) is 0 Å². The van der Waals surface area contributed by atoms with Gasteiger partial charge >= 0.3 is 5.97 Å². The van der Waals surface area contributed by atoms with Crippen LogP contribution in [0.3, 0.4) is 0 Å². The molecule has 0 aliphatic heterocycles. The van der Waals surface area contributed by atoms with Crippen LogP contribution in [0, 0.1) is 11.7 Å². The van der Waals surface area contributed by atoms with Crippen molar-refractivity contribution in [2.75, 3.05) is 7.11 Å². The van der Waals surface area contributed by atoms with Crippen LogP contribution in [0.4, 0.5) is 0 Å². The van der Waals surface area contributed by atoms with E-state index >= 15 is 0 Å². The molecule has 2 N–H and O–H groups in total. The maximum Gasteiger partial charge on any atom is 0.303 e. The van der Waals surface area contributed by atoms with Crippen LogP contribution < -0.4 is 4.74 Å². The second kappa shape index (κ2) is 4.88. The van der Waals surface area contributed by atoms with Gasteiger partial charge in [-0.05, 0) is 25.6 Å². The zero-order chi connectivity index (χ0) is 11.4. The summed E-state index contributed by atoms with van der Waals surface area (Å²) in [5.74, 6) is -0.448. The minimum atomic E-state index is -0.848. The topological polar surface area (TPSA) is 75.2 Å². The number of rotatable bonds is 4. The number of nitrogens with one attached hydrogen (secondary N) is 1. The van der Waals surface area contributed by atoms with Crippen molar-refractivity contribution in [2.45, 2.75) is 19.8 Å². The van der Waals surface area contributed by atoms with Crippen LogP contribution in [0.1, 0.15) is 17.7 Å². The van der Waals surface area contributed by atoms with Gasteiger partial charge < -0.3 is 14.8 Å². The van der Waals surface area contributed by atoms with Crippen LogP contribution in [0.15, 0.2) is 0 Å². The van der Waals surface area contributed by atoms with Crippen LogP contribution in [0.5, 0.6) is 5.88 Å². The summed E-state index contributed by atoms with van der Waals surface area (Å²) in [5, 5.41) is 8.59. The minimum Gasteiger partial charge on any atom is -0.481 e. The van der Waals surface area contributed by atoms with Crippen LogP contribution in [-0.4, -0.2) is 28.2 Å². The third-order valence-electron chi connectivity index (χ3n) is 1.99. The van der Waals surface area contributed by atoms with E-state index in [0.29, 0.717) is 17.1 Å². The minimum absolute atomic E-state index is 0.0451. The van der Waals surface area contributed by atoms with Gasteiger partial charge in [0, 0.05) is 17.7 Å². The SMILES string of the molecule is COc1nc(=S)[nH]c(C)c1CCC(=O)O. The summed E-state index contributed by atoms with van der Waals surface area (Å²) in [6, 6.07) is 0. The second-order valence-corrected chi connectivity index (χ2v) is 3.44. The molecule has 0 saturated carbocycles. The molecule has 1 heterocycles. The molecule has 0 aliphatic carbocycles. The fraction of sp³-hybridized carbons (Fsp3) is 0.444. The molecule has 82 valence electrons. The van der Waals surface area contributed by atoms with Crippen LogP contribution >= 0.6 is 12.2 Å². The number of carbonyl (C=O) groups is 1. The molecule has 0 bridgehead atoms. The number of H-pyrrole nitrogens is 1. The van der Waals surface area contributed by atoms with E-state index in [1.54, 1.807) is 0 Å². The Hall–Kier alpha value is -1.43. The molecule has 0 amide bonds. The summed E-state index contributed by atoms with van der Waals surface area (Å²) in [7, 11) is 1.49. The first kappa shape index (κ1) is 11.6.